The van der Waals surface area contributed by atoms with E-state index in [1.807, 2.05) is 19.2 Å². The van der Waals surface area contributed by atoms with Crippen LogP contribution in [0.15, 0.2) is 34.2 Å². The number of guanidine groups is 1. The second-order valence-corrected chi connectivity index (χ2v) is 7.47. The molecule has 0 unspecified atom stereocenters. The Morgan fingerprint density at radius 2 is 2.04 bits per heavy atom. The number of hydrogen-bond donors (Lipinski definition) is 1. The van der Waals surface area contributed by atoms with Gasteiger partial charge in [-0.1, -0.05) is 6.42 Å². The van der Waals surface area contributed by atoms with Crippen LogP contribution in [0.5, 0.6) is 0 Å². The molecule has 3 nitrogen and oxygen atoms in total. The van der Waals surface area contributed by atoms with E-state index in [0.717, 1.165) is 36.2 Å². The van der Waals surface area contributed by atoms with Crippen LogP contribution in [0.2, 0.25) is 0 Å². The van der Waals surface area contributed by atoms with E-state index in [1.54, 1.807) is 11.8 Å². The summed E-state index contributed by atoms with van der Waals surface area (Å²) in [7, 11) is 1.86. The van der Waals surface area contributed by atoms with E-state index < -0.39 is 0 Å². The standard InChI is InChI=1S/C17H24FN3S.HI/c1-19-16(21-11-9-17(13-21)7-2-8-17)20-10-12-22-15-5-3-14(18)4-6-15;/h3-6H,2,7-13H2,1H3,(H,19,20);1H. The van der Waals surface area contributed by atoms with Crippen molar-refractivity contribution in [3.8, 4) is 0 Å². The second kappa shape index (κ2) is 8.55. The fourth-order valence-electron chi connectivity index (χ4n) is 3.40. The van der Waals surface area contributed by atoms with Crippen LogP contribution in [-0.4, -0.2) is 43.3 Å². The van der Waals surface area contributed by atoms with Gasteiger partial charge in [0.15, 0.2) is 5.96 Å². The number of likely N-dealkylation sites (tertiary alicyclic amines) is 1. The van der Waals surface area contributed by atoms with Gasteiger partial charge in [0.2, 0.25) is 0 Å². The molecule has 0 bridgehead atoms. The van der Waals surface area contributed by atoms with Crippen LogP contribution in [0, 0.1) is 11.2 Å². The Morgan fingerprint density at radius 3 is 2.61 bits per heavy atom. The maximum atomic E-state index is 12.9. The van der Waals surface area contributed by atoms with Gasteiger partial charge in [0, 0.05) is 37.3 Å². The van der Waals surface area contributed by atoms with Gasteiger partial charge in [-0.25, -0.2) is 4.39 Å². The number of benzene rings is 1. The number of thioether (sulfide) groups is 1. The molecule has 3 rings (SSSR count). The maximum Gasteiger partial charge on any atom is 0.193 e. The molecule has 1 aliphatic heterocycles. The zero-order valence-electron chi connectivity index (χ0n) is 13.6. The van der Waals surface area contributed by atoms with Gasteiger partial charge >= 0.3 is 0 Å². The van der Waals surface area contributed by atoms with E-state index in [9.17, 15) is 4.39 Å². The van der Waals surface area contributed by atoms with Crippen LogP contribution in [0.1, 0.15) is 25.7 Å². The van der Waals surface area contributed by atoms with E-state index in [0.29, 0.717) is 5.41 Å². The van der Waals surface area contributed by atoms with E-state index in [-0.39, 0.29) is 29.8 Å². The SMILES string of the molecule is CN=C(NCCSc1ccc(F)cc1)N1CCC2(CCC2)C1.I. The third kappa shape index (κ3) is 4.75. The van der Waals surface area contributed by atoms with Crippen LogP contribution >= 0.6 is 35.7 Å². The highest BCUT2D eigenvalue weighted by molar-refractivity contribution is 14.0. The Morgan fingerprint density at radius 1 is 1.30 bits per heavy atom. The summed E-state index contributed by atoms with van der Waals surface area (Å²) < 4.78 is 12.9. The van der Waals surface area contributed by atoms with Crippen LogP contribution in [-0.2, 0) is 0 Å². The van der Waals surface area contributed by atoms with E-state index in [4.69, 9.17) is 0 Å². The van der Waals surface area contributed by atoms with Crippen LogP contribution in [0.25, 0.3) is 0 Å². The highest BCUT2D eigenvalue weighted by Crippen LogP contribution is 2.47. The summed E-state index contributed by atoms with van der Waals surface area (Å²) in [5, 5.41) is 3.46. The molecule has 6 heteroatoms. The van der Waals surface area contributed by atoms with E-state index >= 15 is 0 Å². The third-order valence-corrected chi connectivity index (χ3v) is 5.85. The zero-order valence-corrected chi connectivity index (χ0v) is 16.7. The van der Waals surface area contributed by atoms with E-state index in [2.05, 4.69) is 15.2 Å². The molecular formula is C17H25FIN3S. The Labute approximate surface area is 159 Å². The highest BCUT2D eigenvalue weighted by Gasteiger charge is 2.43. The first kappa shape index (κ1) is 18.8. The van der Waals surface area contributed by atoms with Crippen molar-refractivity contribution in [1.82, 2.24) is 10.2 Å². The van der Waals surface area contributed by atoms with E-state index in [1.165, 1.54) is 37.8 Å². The normalized spacial score (nSPS) is 19.4. The minimum atomic E-state index is -0.179. The average molecular weight is 449 g/mol. The quantitative estimate of drug-likeness (QED) is 0.248. The Balaban J connectivity index is 0.00000192. The monoisotopic (exact) mass is 449 g/mol. The fraction of sp³-hybridized carbons (Fsp3) is 0.588. The average Bonchev–Trinajstić information content (AvgIpc) is 2.95. The summed E-state index contributed by atoms with van der Waals surface area (Å²) >= 11 is 1.74. The van der Waals surface area contributed by atoms with Crippen molar-refractivity contribution in [3.63, 3.8) is 0 Å². The molecule has 1 heterocycles. The predicted octanol–water partition coefficient (Wildman–Crippen LogP) is 3.99. The summed E-state index contributed by atoms with van der Waals surface area (Å²) in [5.41, 5.74) is 0.598. The first-order chi connectivity index (χ1) is 10.7. The number of halogens is 2. The topological polar surface area (TPSA) is 27.6 Å². The molecule has 1 saturated heterocycles. The number of aliphatic imine (C=N–C) groups is 1. The smallest absolute Gasteiger partial charge is 0.193 e. The Hall–Kier alpha value is -0.500. The highest BCUT2D eigenvalue weighted by atomic mass is 127. The lowest BCUT2D eigenvalue weighted by Crippen LogP contribution is -2.43. The van der Waals surface area contributed by atoms with Gasteiger partial charge < -0.3 is 10.2 Å². The van der Waals surface area contributed by atoms with Crippen molar-refractivity contribution >= 4 is 41.7 Å². The largest absolute Gasteiger partial charge is 0.355 e. The number of rotatable bonds is 4. The van der Waals surface area contributed by atoms with Gasteiger partial charge in [-0.15, -0.1) is 35.7 Å². The van der Waals surface area contributed by atoms with Gasteiger partial charge in [-0.3, -0.25) is 4.99 Å². The molecule has 1 aromatic carbocycles. The maximum absolute atomic E-state index is 12.9. The van der Waals surface area contributed by atoms with Crippen molar-refractivity contribution in [2.45, 2.75) is 30.6 Å². The lowest BCUT2D eigenvalue weighted by atomic mass is 9.68. The molecule has 1 spiro atoms. The van der Waals surface area contributed by atoms with Gasteiger partial charge in [0.1, 0.15) is 5.82 Å². The Kier molecular flexibility index (Phi) is 7.00. The van der Waals surface area contributed by atoms with Crippen LogP contribution < -0.4 is 5.32 Å². The van der Waals surface area contributed by atoms with Gasteiger partial charge in [0.25, 0.3) is 0 Å². The van der Waals surface area contributed by atoms with Crippen molar-refractivity contribution in [1.29, 1.82) is 0 Å². The van der Waals surface area contributed by atoms with Crippen molar-refractivity contribution < 1.29 is 4.39 Å². The Bertz CT molecular complexity index is 531. The molecular weight excluding hydrogens is 424 g/mol. The molecule has 2 fully saturated rings. The fourth-order valence-corrected chi connectivity index (χ4v) is 4.16. The first-order valence-electron chi connectivity index (χ1n) is 8.05. The molecule has 0 aromatic heterocycles. The molecule has 0 atom stereocenters. The number of hydrogen-bond acceptors (Lipinski definition) is 2. The predicted molar refractivity (Wildman–Crippen MR) is 106 cm³/mol. The summed E-state index contributed by atoms with van der Waals surface area (Å²) in [4.78, 5) is 7.93. The first-order valence-corrected chi connectivity index (χ1v) is 9.03. The molecule has 0 radical (unpaired) electrons. The molecule has 128 valence electrons. The number of nitrogens with zero attached hydrogens (tertiary/aromatic N) is 2. The van der Waals surface area contributed by atoms with Gasteiger partial charge in [0.05, 0.1) is 0 Å². The van der Waals surface area contributed by atoms with Crippen LogP contribution in [0.3, 0.4) is 0 Å². The molecule has 1 saturated carbocycles. The van der Waals surface area contributed by atoms with Crippen molar-refractivity contribution in [2.75, 3.05) is 32.4 Å². The molecule has 23 heavy (non-hydrogen) atoms. The van der Waals surface area contributed by atoms with Gasteiger partial charge in [-0.05, 0) is 48.9 Å². The summed E-state index contributed by atoms with van der Waals surface area (Å²) in [6.07, 6.45) is 5.49. The summed E-state index contributed by atoms with van der Waals surface area (Å²) in [6, 6.07) is 6.68. The minimum Gasteiger partial charge on any atom is -0.355 e. The molecule has 1 aliphatic carbocycles. The van der Waals surface area contributed by atoms with Crippen LogP contribution in [0.4, 0.5) is 4.39 Å². The molecule has 0 amide bonds. The molecule has 2 aliphatic rings. The lowest BCUT2D eigenvalue weighted by Gasteiger charge is -2.38. The number of nitrogens with one attached hydrogen (secondary N) is 1. The summed E-state index contributed by atoms with van der Waals surface area (Å²) in [5.74, 6) is 1.80. The minimum absolute atomic E-state index is 0. The lowest BCUT2D eigenvalue weighted by molar-refractivity contribution is 0.151. The summed E-state index contributed by atoms with van der Waals surface area (Å²) in [6.45, 7) is 3.17. The molecule has 1 aromatic rings. The van der Waals surface area contributed by atoms with Crippen molar-refractivity contribution in [3.05, 3.63) is 30.1 Å². The molecule has 1 N–H and O–H groups in total. The third-order valence-electron chi connectivity index (χ3n) is 4.83. The zero-order chi connectivity index (χ0) is 15.4. The van der Waals surface area contributed by atoms with Gasteiger partial charge in [-0.2, -0.15) is 0 Å². The second-order valence-electron chi connectivity index (χ2n) is 6.30. The van der Waals surface area contributed by atoms with Crippen molar-refractivity contribution in [2.24, 2.45) is 10.4 Å².